The topological polar surface area (TPSA) is 53.7 Å². The molecule has 2 rings (SSSR count). The Morgan fingerprint density at radius 2 is 2.33 bits per heavy atom. The first-order chi connectivity index (χ1) is 7.20. The normalized spacial score (nSPS) is 15.3. The lowest BCUT2D eigenvalue weighted by Crippen LogP contribution is -2.24. The number of carboxylic acid groups (broad SMARTS) is 1. The van der Waals surface area contributed by atoms with Crippen molar-refractivity contribution in [2.45, 2.75) is 19.8 Å². The van der Waals surface area contributed by atoms with Gasteiger partial charge in [-0.1, -0.05) is 0 Å². The minimum Gasteiger partial charge on any atom is -0.475 e. The van der Waals surface area contributed by atoms with Gasteiger partial charge in [-0.3, -0.25) is 0 Å². The van der Waals surface area contributed by atoms with E-state index in [2.05, 4.69) is 4.90 Å². The van der Waals surface area contributed by atoms with Gasteiger partial charge in [-0.15, -0.1) is 0 Å². The Balaban J connectivity index is 2.07. The van der Waals surface area contributed by atoms with E-state index < -0.39 is 5.97 Å². The molecule has 0 saturated heterocycles. The first kappa shape index (κ1) is 10.1. The van der Waals surface area contributed by atoms with Crippen LogP contribution in [0.15, 0.2) is 16.5 Å². The Bertz CT molecular complexity index is 354. The van der Waals surface area contributed by atoms with Crippen molar-refractivity contribution in [3.8, 4) is 0 Å². The molecule has 15 heavy (non-hydrogen) atoms. The van der Waals surface area contributed by atoms with Crippen LogP contribution in [0.2, 0.25) is 0 Å². The van der Waals surface area contributed by atoms with Crippen molar-refractivity contribution in [3.05, 3.63) is 17.9 Å². The van der Waals surface area contributed by atoms with E-state index in [1.807, 2.05) is 6.92 Å². The average molecular weight is 209 g/mol. The predicted molar refractivity (Wildman–Crippen MR) is 56.3 cm³/mol. The highest BCUT2D eigenvalue weighted by atomic mass is 16.4. The molecule has 0 unspecified atom stereocenters. The van der Waals surface area contributed by atoms with Crippen LogP contribution in [0, 0.1) is 5.92 Å². The quantitative estimate of drug-likeness (QED) is 0.807. The lowest BCUT2D eigenvalue weighted by Gasteiger charge is -2.19. The van der Waals surface area contributed by atoms with Crippen molar-refractivity contribution in [1.29, 1.82) is 0 Å². The lowest BCUT2D eigenvalue weighted by atomic mass is 10.3. The van der Waals surface area contributed by atoms with Gasteiger partial charge >= 0.3 is 5.97 Å². The summed E-state index contributed by atoms with van der Waals surface area (Å²) >= 11 is 0. The summed E-state index contributed by atoms with van der Waals surface area (Å²) in [4.78, 5) is 12.7. The average Bonchev–Trinajstić information content (AvgIpc) is 2.89. The summed E-state index contributed by atoms with van der Waals surface area (Å²) in [5, 5.41) is 8.73. The summed E-state index contributed by atoms with van der Waals surface area (Å²) in [6.07, 6.45) is 2.56. The molecule has 1 aromatic rings. The van der Waals surface area contributed by atoms with Gasteiger partial charge in [0.15, 0.2) is 5.88 Å². The fraction of sp³-hybridized carbons (Fsp3) is 0.545. The van der Waals surface area contributed by atoms with Crippen molar-refractivity contribution in [3.63, 3.8) is 0 Å². The summed E-state index contributed by atoms with van der Waals surface area (Å²) in [5.41, 5.74) is 0. The molecule has 0 spiro atoms. The van der Waals surface area contributed by atoms with Crippen molar-refractivity contribution >= 4 is 11.9 Å². The van der Waals surface area contributed by atoms with Gasteiger partial charge in [0.1, 0.15) is 0 Å². The summed E-state index contributed by atoms with van der Waals surface area (Å²) in [7, 11) is 0. The summed E-state index contributed by atoms with van der Waals surface area (Å²) in [6, 6.07) is 3.24. The van der Waals surface area contributed by atoms with Crippen LogP contribution >= 0.6 is 0 Å². The molecule has 1 fully saturated rings. The highest BCUT2D eigenvalue weighted by Crippen LogP contribution is 2.31. The first-order valence-corrected chi connectivity index (χ1v) is 5.28. The minimum atomic E-state index is -1.01. The van der Waals surface area contributed by atoms with Gasteiger partial charge in [0.25, 0.3) is 0 Å². The maximum atomic E-state index is 10.6. The molecule has 0 atom stereocenters. The second kappa shape index (κ2) is 3.96. The summed E-state index contributed by atoms with van der Waals surface area (Å²) in [5.74, 6) is 0.438. The SMILES string of the molecule is CCN(CC1CC1)c1ccc(C(=O)O)o1. The van der Waals surface area contributed by atoms with Crippen LogP contribution in [0.4, 0.5) is 5.88 Å². The fourth-order valence-electron chi connectivity index (χ4n) is 1.60. The molecule has 0 radical (unpaired) electrons. The molecule has 1 aromatic heterocycles. The highest BCUT2D eigenvalue weighted by Gasteiger charge is 2.25. The maximum Gasteiger partial charge on any atom is 0.371 e. The monoisotopic (exact) mass is 209 g/mol. The molecular weight excluding hydrogens is 194 g/mol. The van der Waals surface area contributed by atoms with Gasteiger partial charge in [-0.25, -0.2) is 4.79 Å². The van der Waals surface area contributed by atoms with E-state index in [0.717, 1.165) is 19.0 Å². The van der Waals surface area contributed by atoms with Gasteiger partial charge in [-0.2, -0.15) is 0 Å². The molecule has 1 aliphatic carbocycles. The summed E-state index contributed by atoms with van der Waals surface area (Å²) < 4.78 is 5.25. The number of aromatic carboxylic acids is 1. The Morgan fingerprint density at radius 1 is 1.60 bits per heavy atom. The smallest absolute Gasteiger partial charge is 0.371 e. The van der Waals surface area contributed by atoms with Crippen molar-refractivity contribution in [2.24, 2.45) is 5.92 Å². The molecule has 0 aliphatic heterocycles. The molecule has 0 amide bonds. The van der Waals surface area contributed by atoms with Crippen LogP contribution in [0.3, 0.4) is 0 Å². The van der Waals surface area contributed by atoms with Crippen LogP contribution in [-0.4, -0.2) is 24.2 Å². The van der Waals surface area contributed by atoms with Crippen molar-refractivity contribution in [2.75, 3.05) is 18.0 Å². The molecular formula is C11H15NO3. The number of hydrogen-bond donors (Lipinski definition) is 1. The largest absolute Gasteiger partial charge is 0.475 e. The van der Waals surface area contributed by atoms with E-state index in [1.165, 1.54) is 18.9 Å². The molecule has 4 nitrogen and oxygen atoms in total. The van der Waals surface area contributed by atoms with Gasteiger partial charge in [0.05, 0.1) is 0 Å². The van der Waals surface area contributed by atoms with Crippen LogP contribution in [-0.2, 0) is 0 Å². The number of furan rings is 1. The molecule has 1 heterocycles. The van der Waals surface area contributed by atoms with Crippen LogP contribution < -0.4 is 4.90 Å². The Morgan fingerprint density at radius 3 is 2.80 bits per heavy atom. The van der Waals surface area contributed by atoms with E-state index in [4.69, 9.17) is 9.52 Å². The second-order valence-corrected chi connectivity index (χ2v) is 3.93. The predicted octanol–water partition coefficient (Wildman–Crippen LogP) is 2.21. The third-order valence-corrected chi connectivity index (χ3v) is 2.67. The zero-order valence-electron chi connectivity index (χ0n) is 8.77. The third-order valence-electron chi connectivity index (χ3n) is 2.67. The molecule has 1 saturated carbocycles. The van der Waals surface area contributed by atoms with E-state index in [0.29, 0.717) is 5.88 Å². The Labute approximate surface area is 88.5 Å². The van der Waals surface area contributed by atoms with Crippen LogP contribution in [0.1, 0.15) is 30.3 Å². The zero-order valence-corrected chi connectivity index (χ0v) is 8.77. The fourth-order valence-corrected chi connectivity index (χ4v) is 1.60. The summed E-state index contributed by atoms with van der Waals surface area (Å²) in [6.45, 7) is 3.87. The first-order valence-electron chi connectivity index (χ1n) is 5.28. The zero-order chi connectivity index (χ0) is 10.8. The number of carboxylic acids is 1. The maximum absolute atomic E-state index is 10.6. The van der Waals surface area contributed by atoms with Crippen LogP contribution in [0.25, 0.3) is 0 Å². The van der Waals surface area contributed by atoms with Gasteiger partial charge in [0.2, 0.25) is 5.76 Å². The number of nitrogens with zero attached hydrogens (tertiary/aromatic N) is 1. The van der Waals surface area contributed by atoms with Crippen LogP contribution in [0.5, 0.6) is 0 Å². The molecule has 1 aliphatic rings. The molecule has 1 N–H and O–H groups in total. The van der Waals surface area contributed by atoms with E-state index in [1.54, 1.807) is 6.07 Å². The molecule has 4 heteroatoms. The standard InChI is InChI=1S/C11H15NO3/c1-2-12(7-8-3-4-8)10-6-5-9(15-10)11(13)14/h5-6,8H,2-4,7H2,1H3,(H,13,14). The molecule has 0 aromatic carbocycles. The number of rotatable bonds is 5. The number of hydrogen-bond acceptors (Lipinski definition) is 3. The van der Waals surface area contributed by atoms with E-state index in [9.17, 15) is 4.79 Å². The van der Waals surface area contributed by atoms with Gasteiger partial charge < -0.3 is 14.4 Å². The van der Waals surface area contributed by atoms with E-state index in [-0.39, 0.29) is 5.76 Å². The van der Waals surface area contributed by atoms with Crippen molar-refractivity contribution < 1.29 is 14.3 Å². The van der Waals surface area contributed by atoms with E-state index >= 15 is 0 Å². The lowest BCUT2D eigenvalue weighted by molar-refractivity contribution is 0.0663. The highest BCUT2D eigenvalue weighted by molar-refractivity contribution is 5.84. The minimum absolute atomic E-state index is 0.0132. The number of carbonyl (C=O) groups is 1. The second-order valence-electron chi connectivity index (χ2n) is 3.93. The molecule has 82 valence electrons. The Hall–Kier alpha value is -1.45. The van der Waals surface area contributed by atoms with Crippen molar-refractivity contribution in [1.82, 2.24) is 0 Å². The van der Waals surface area contributed by atoms with Gasteiger partial charge in [-0.05, 0) is 31.7 Å². The molecule has 0 bridgehead atoms. The Kier molecular flexibility index (Phi) is 2.66. The number of anilines is 1. The third kappa shape index (κ3) is 2.32. The van der Waals surface area contributed by atoms with Gasteiger partial charge in [0, 0.05) is 19.2 Å².